The number of nitrogens with one attached hydrogen (secondary N) is 1. The Balaban J connectivity index is 1.70. The first kappa shape index (κ1) is 23.9. The number of hydrogen-bond acceptors (Lipinski definition) is 7. The number of fused-ring (bicyclic) bond motifs is 1. The average molecular weight is 468 g/mol. The molecule has 1 aliphatic heterocycles. The van der Waals surface area contributed by atoms with Crippen molar-refractivity contribution in [2.75, 3.05) is 18.0 Å². The minimum atomic E-state index is -0.985. The number of aromatic nitrogens is 1. The van der Waals surface area contributed by atoms with Crippen molar-refractivity contribution in [3.05, 3.63) is 47.5 Å². The number of carbonyl (C=O) groups is 1. The molecule has 0 bridgehead atoms. The van der Waals surface area contributed by atoms with E-state index < -0.39 is 5.97 Å². The van der Waals surface area contributed by atoms with E-state index in [1.807, 2.05) is 45.9 Å². The van der Waals surface area contributed by atoms with Gasteiger partial charge in [0.2, 0.25) is 0 Å². The molecule has 0 radical (unpaired) electrons. The summed E-state index contributed by atoms with van der Waals surface area (Å²) < 4.78 is 18.1. The largest absolute Gasteiger partial charge is 0.491 e. The summed E-state index contributed by atoms with van der Waals surface area (Å²) in [6, 6.07) is 11.5. The van der Waals surface area contributed by atoms with E-state index >= 15 is 0 Å². The number of carboxylic acid groups (broad SMARTS) is 1. The third-order valence-electron chi connectivity index (χ3n) is 5.65. The fraction of sp³-hybridized carbons (Fsp3) is 0.462. The number of piperidine rings is 1. The van der Waals surface area contributed by atoms with Gasteiger partial charge in [0.1, 0.15) is 17.0 Å². The van der Waals surface area contributed by atoms with Crippen LogP contribution in [0.1, 0.15) is 56.5 Å². The molecule has 4 rings (SSSR count). The van der Waals surface area contributed by atoms with Crippen LogP contribution in [0.5, 0.6) is 11.5 Å². The third kappa shape index (κ3) is 5.80. The molecule has 182 valence electrons. The fourth-order valence-corrected chi connectivity index (χ4v) is 4.24. The summed E-state index contributed by atoms with van der Waals surface area (Å²) in [6.45, 7) is 10.4. The highest BCUT2D eigenvalue weighted by Gasteiger charge is 2.26. The lowest BCUT2D eigenvalue weighted by molar-refractivity contribution is 0.0697. The van der Waals surface area contributed by atoms with E-state index in [0.29, 0.717) is 23.7 Å². The number of aromatic carboxylic acids is 1. The van der Waals surface area contributed by atoms with E-state index in [0.717, 1.165) is 43.0 Å². The zero-order valence-electron chi connectivity index (χ0n) is 20.2. The molecule has 0 atom stereocenters. The van der Waals surface area contributed by atoms with E-state index in [2.05, 4.69) is 15.2 Å². The molecule has 8 heteroatoms. The molecule has 3 aromatic rings. The maximum Gasteiger partial charge on any atom is 0.335 e. The molecule has 8 nitrogen and oxygen atoms in total. The topological polar surface area (TPSA) is 97.1 Å². The number of anilines is 1. The van der Waals surface area contributed by atoms with Crippen LogP contribution in [-0.4, -0.2) is 47.4 Å². The maximum atomic E-state index is 11.4. The molecule has 2 aromatic carbocycles. The van der Waals surface area contributed by atoms with Gasteiger partial charge < -0.3 is 29.2 Å². The minimum absolute atomic E-state index is 0.0446. The SMILES string of the molecule is CC(C)Oc1cc(CN(c2nc3cc(C(=O)O)ccc3o2)C2CCNCC2)cc(OC(C)C)c1. The van der Waals surface area contributed by atoms with Crippen molar-refractivity contribution in [1.29, 1.82) is 0 Å². The Bertz CT molecular complexity index is 1110. The van der Waals surface area contributed by atoms with Crippen LogP contribution in [0.4, 0.5) is 6.01 Å². The molecule has 1 aromatic heterocycles. The lowest BCUT2D eigenvalue weighted by atomic mass is 10.0. The van der Waals surface area contributed by atoms with Crippen LogP contribution in [0.25, 0.3) is 11.1 Å². The standard InChI is InChI=1S/C26H33N3O5/c1-16(2)32-21-11-18(12-22(14-21)33-17(3)4)15-29(20-7-9-27-10-8-20)26-28-23-13-19(25(30)31)5-6-24(23)34-26/h5-6,11-14,16-17,20,27H,7-10,15H2,1-4H3,(H,30,31). The number of nitrogens with zero attached hydrogens (tertiary/aromatic N) is 2. The average Bonchev–Trinajstić information content (AvgIpc) is 3.20. The van der Waals surface area contributed by atoms with Crippen LogP contribution in [0.3, 0.4) is 0 Å². The highest BCUT2D eigenvalue weighted by molar-refractivity contribution is 5.92. The molecule has 2 heterocycles. The summed E-state index contributed by atoms with van der Waals surface area (Å²) in [5.41, 5.74) is 2.32. The first-order valence-electron chi connectivity index (χ1n) is 11.9. The zero-order chi connectivity index (χ0) is 24.2. The number of oxazole rings is 1. The molecule has 1 fully saturated rings. The Morgan fingerprint density at radius 2 is 1.74 bits per heavy atom. The Kier molecular flexibility index (Phi) is 7.26. The van der Waals surface area contributed by atoms with Crippen molar-refractivity contribution in [2.45, 2.75) is 65.3 Å². The molecule has 0 amide bonds. The summed E-state index contributed by atoms with van der Waals surface area (Å²) in [4.78, 5) is 18.2. The maximum absolute atomic E-state index is 11.4. The van der Waals surface area contributed by atoms with Crippen molar-refractivity contribution < 1.29 is 23.8 Å². The number of rotatable bonds is 9. The van der Waals surface area contributed by atoms with Gasteiger partial charge in [0, 0.05) is 18.7 Å². The summed E-state index contributed by atoms with van der Waals surface area (Å²) in [5, 5.41) is 12.7. The third-order valence-corrected chi connectivity index (χ3v) is 5.65. The summed E-state index contributed by atoms with van der Waals surface area (Å²) in [6.07, 6.45) is 2.00. The first-order valence-corrected chi connectivity index (χ1v) is 11.9. The molecule has 1 saturated heterocycles. The molecule has 0 spiro atoms. The van der Waals surface area contributed by atoms with Crippen LogP contribution in [0.2, 0.25) is 0 Å². The zero-order valence-corrected chi connectivity index (χ0v) is 20.2. The number of ether oxygens (including phenoxy) is 2. The van der Waals surface area contributed by atoms with Gasteiger partial charge in [-0.3, -0.25) is 0 Å². The smallest absolute Gasteiger partial charge is 0.335 e. The van der Waals surface area contributed by atoms with Gasteiger partial charge in [0.25, 0.3) is 6.01 Å². The van der Waals surface area contributed by atoms with Gasteiger partial charge in [0.15, 0.2) is 5.58 Å². The van der Waals surface area contributed by atoms with E-state index in [1.165, 1.54) is 6.07 Å². The second-order valence-corrected chi connectivity index (χ2v) is 9.24. The van der Waals surface area contributed by atoms with E-state index in [1.54, 1.807) is 12.1 Å². The van der Waals surface area contributed by atoms with Gasteiger partial charge in [-0.1, -0.05) is 0 Å². The van der Waals surface area contributed by atoms with E-state index in [-0.39, 0.29) is 23.8 Å². The highest BCUT2D eigenvalue weighted by atomic mass is 16.5. The van der Waals surface area contributed by atoms with Crippen LogP contribution in [0.15, 0.2) is 40.8 Å². The molecule has 0 unspecified atom stereocenters. The monoisotopic (exact) mass is 467 g/mol. The number of hydrogen-bond donors (Lipinski definition) is 2. The summed E-state index contributed by atoms with van der Waals surface area (Å²) in [5.74, 6) is 0.537. The molecule has 34 heavy (non-hydrogen) atoms. The first-order chi connectivity index (χ1) is 16.3. The Morgan fingerprint density at radius 1 is 1.09 bits per heavy atom. The molecular formula is C26H33N3O5. The second-order valence-electron chi connectivity index (χ2n) is 9.24. The summed E-state index contributed by atoms with van der Waals surface area (Å²) in [7, 11) is 0. The second kappa shape index (κ2) is 10.3. The molecule has 1 aliphatic rings. The lowest BCUT2D eigenvalue weighted by Crippen LogP contribution is -2.43. The normalized spacial score (nSPS) is 14.6. The van der Waals surface area contributed by atoms with Crippen molar-refractivity contribution in [2.24, 2.45) is 0 Å². The predicted molar refractivity (Wildman–Crippen MR) is 131 cm³/mol. The van der Waals surface area contributed by atoms with Crippen LogP contribution < -0.4 is 19.7 Å². The van der Waals surface area contributed by atoms with Crippen LogP contribution in [-0.2, 0) is 6.54 Å². The van der Waals surface area contributed by atoms with Gasteiger partial charge >= 0.3 is 5.97 Å². The van der Waals surface area contributed by atoms with Crippen molar-refractivity contribution in [1.82, 2.24) is 10.3 Å². The van der Waals surface area contributed by atoms with Crippen molar-refractivity contribution in [3.63, 3.8) is 0 Å². The van der Waals surface area contributed by atoms with Gasteiger partial charge in [0.05, 0.1) is 17.8 Å². The van der Waals surface area contributed by atoms with Gasteiger partial charge in [-0.15, -0.1) is 0 Å². The number of benzene rings is 2. The lowest BCUT2D eigenvalue weighted by Gasteiger charge is -2.33. The predicted octanol–water partition coefficient (Wildman–Crippen LogP) is 4.86. The molecule has 0 saturated carbocycles. The Hall–Kier alpha value is -3.26. The Labute approximate surface area is 199 Å². The van der Waals surface area contributed by atoms with Crippen molar-refractivity contribution in [3.8, 4) is 11.5 Å². The van der Waals surface area contributed by atoms with Gasteiger partial charge in [-0.25, -0.2) is 4.79 Å². The van der Waals surface area contributed by atoms with E-state index in [9.17, 15) is 9.90 Å². The van der Waals surface area contributed by atoms with Crippen LogP contribution in [0, 0.1) is 0 Å². The van der Waals surface area contributed by atoms with Gasteiger partial charge in [-0.05, 0) is 89.5 Å². The summed E-state index contributed by atoms with van der Waals surface area (Å²) >= 11 is 0. The van der Waals surface area contributed by atoms with Gasteiger partial charge in [-0.2, -0.15) is 4.98 Å². The van der Waals surface area contributed by atoms with Crippen molar-refractivity contribution >= 4 is 23.1 Å². The van der Waals surface area contributed by atoms with Crippen LogP contribution >= 0.6 is 0 Å². The molecule has 0 aliphatic carbocycles. The highest BCUT2D eigenvalue weighted by Crippen LogP contribution is 2.31. The molecule has 2 N–H and O–H groups in total. The quantitative estimate of drug-likeness (QED) is 0.461. The minimum Gasteiger partial charge on any atom is -0.491 e. The Morgan fingerprint density at radius 3 is 2.32 bits per heavy atom. The fourth-order valence-electron chi connectivity index (χ4n) is 4.24. The van der Waals surface area contributed by atoms with E-state index in [4.69, 9.17) is 13.9 Å². The molecular weight excluding hydrogens is 434 g/mol. The number of carboxylic acids is 1.